The Labute approximate surface area is 113 Å². The molecule has 2 atom stereocenters. The van der Waals surface area contributed by atoms with E-state index in [4.69, 9.17) is 0 Å². The average molecular weight is 266 g/mol. The molecule has 0 aromatic carbocycles. The number of hydrogen-bond acceptors (Lipinski definition) is 3. The normalized spacial score (nSPS) is 25.3. The lowest BCUT2D eigenvalue weighted by Crippen LogP contribution is -2.62. The van der Waals surface area contributed by atoms with Crippen molar-refractivity contribution >= 4 is 17.6 Å². The van der Waals surface area contributed by atoms with Crippen molar-refractivity contribution in [1.29, 1.82) is 0 Å². The monoisotopic (exact) mass is 266 g/mol. The Morgan fingerprint density at radius 2 is 2.11 bits per heavy atom. The van der Waals surface area contributed by atoms with Crippen LogP contribution in [0.1, 0.15) is 39.5 Å². The minimum atomic E-state index is -0.320. The largest absolute Gasteiger partial charge is 0.329 e. The number of rotatable bonds is 4. The summed E-state index contributed by atoms with van der Waals surface area (Å²) in [6, 6.07) is -0.320. The molecule has 0 bridgehead atoms. The van der Waals surface area contributed by atoms with Crippen LogP contribution in [0.4, 0.5) is 0 Å². The molecule has 0 aromatic rings. The number of hydrogen-bond donors (Lipinski definition) is 0. The molecule has 2 saturated heterocycles. The minimum absolute atomic E-state index is 0.0127. The predicted octanol–water partition coefficient (Wildman–Crippen LogP) is 0.825. The Morgan fingerprint density at radius 1 is 1.37 bits per heavy atom. The van der Waals surface area contributed by atoms with Crippen molar-refractivity contribution in [2.45, 2.75) is 45.6 Å². The number of carbonyl (C=O) groups is 3. The van der Waals surface area contributed by atoms with Gasteiger partial charge < -0.3 is 9.80 Å². The van der Waals surface area contributed by atoms with E-state index in [2.05, 4.69) is 0 Å². The van der Waals surface area contributed by atoms with Crippen LogP contribution in [0.2, 0.25) is 0 Å². The van der Waals surface area contributed by atoms with Crippen LogP contribution in [0.3, 0.4) is 0 Å². The van der Waals surface area contributed by atoms with Gasteiger partial charge in [0, 0.05) is 12.5 Å². The zero-order valence-electron chi connectivity index (χ0n) is 11.7. The summed E-state index contributed by atoms with van der Waals surface area (Å²) in [6.45, 7) is 4.66. The summed E-state index contributed by atoms with van der Waals surface area (Å²) in [5.41, 5.74) is 0. The molecule has 0 aromatic heterocycles. The van der Waals surface area contributed by atoms with Gasteiger partial charge in [-0.3, -0.25) is 14.4 Å². The summed E-state index contributed by atoms with van der Waals surface area (Å²) in [5, 5.41) is 0. The fraction of sp³-hybridized carbons (Fsp3) is 0.786. The number of piperazine rings is 1. The maximum Gasteiger partial charge on any atom is 0.246 e. The van der Waals surface area contributed by atoms with Gasteiger partial charge in [0.1, 0.15) is 12.6 Å². The summed E-state index contributed by atoms with van der Waals surface area (Å²) in [4.78, 5) is 39.4. The van der Waals surface area contributed by atoms with E-state index in [9.17, 15) is 14.4 Å². The molecule has 0 saturated carbocycles. The second kappa shape index (κ2) is 5.72. The summed E-state index contributed by atoms with van der Waals surface area (Å²) in [6.07, 6.45) is 3.46. The first-order valence-electron chi connectivity index (χ1n) is 7.15. The first-order valence-corrected chi connectivity index (χ1v) is 7.15. The third-order valence-corrected chi connectivity index (χ3v) is 4.25. The molecule has 5 heteroatoms. The molecule has 2 amide bonds. The van der Waals surface area contributed by atoms with Gasteiger partial charge in [0.15, 0.2) is 5.78 Å². The van der Waals surface area contributed by atoms with Gasteiger partial charge in [-0.1, -0.05) is 13.8 Å². The summed E-state index contributed by atoms with van der Waals surface area (Å²) in [5.74, 6) is -0.0580. The number of nitrogens with zero attached hydrogens (tertiary/aromatic N) is 2. The second-order valence-corrected chi connectivity index (χ2v) is 5.57. The fourth-order valence-electron chi connectivity index (χ4n) is 2.74. The van der Waals surface area contributed by atoms with Gasteiger partial charge in [0.2, 0.25) is 11.8 Å². The van der Waals surface area contributed by atoms with E-state index in [1.54, 1.807) is 4.90 Å². The molecule has 2 heterocycles. The fourth-order valence-corrected chi connectivity index (χ4v) is 2.74. The Hall–Kier alpha value is -1.39. The molecule has 2 rings (SSSR count). The number of piperidine rings is 1. The van der Waals surface area contributed by atoms with Crippen molar-refractivity contribution in [2.24, 2.45) is 5.92 Å². The molecular formula is C14H22N2O3. The summed E-state index contributed by atoms with van der Waals surface area (Å²) in [7, 11) is 0. The zero-order valence-corrected chi connectivity index (χ0v) is 11.7. The maximum atomic E-state index is 12.3. The van der Waals surface area contributed by atoms with E-state index in [0.29, 0.717) is 6.54 Å². The highest BCUT2D eigenvalue weighted by molar-refractivity contribution is 5.97. The van der Waals surface area contributed by atoms with Crippen molar-refractivity contribution in [1.82, 2.24) is 9.80 Å². The molecule has 5 nitrogen and oxygen atoms in total. The molecule has 2 aliphatic heterocycles. The molecule has 0 radical (unpaired) electrons. The van der Waals surface area contributed by atoms with Crippen LogP contribution in [-0.4, -0.2) is 53.1 Å². The molecule has 0 aliphatic carbocycles. The van der Waals surface area contributed by atoms with Crippen molar-refractivity contribution in [3.05, 3.63) is 0 Å². The quantitative estimate of drug-likeness (QED) is 0.757. The molecule has 0 N–H and O–H groups in total. The van der Waals surface area contributed by atoms with Gasteiger partial charge in [0.25, 0.3) is 0 Å². The first kappa shape index (κ1) is 14.0. The number of fused-ring (bicyclic) bond motifs is 1. The van der Waals surface area contributed by atoms with Crippen molar-refractivity contribution < 1.29 is 14.4 Å². The lowest BCUT2D eigenvalue weighted by atomic mass is 9.97. The van der Waals surface area contributed by atoms with Crippen LogP contribution in [0.25, 0.3) is 0 Å². The van der Waals surface area contributed by atoms with Crippen molar-refractivity contribution in [3.63, 3.8) is 0 Å². The number of amides is 2. The topological polar surface area (TPSA) is 57.7 Å². The van der Waals surface area contributed by atoms with Gasteiger partial charge in [-0.15, -0.1) is 0 Å². The molecule has 0 spiro atoms. The average Bonchev–Trinajstić information content (AvgIpc) is 2.43. The number of ketones is 1. The molecule has 2 unspecified atom stereocenters. The van der Waals surface area contributed by atoms with Gasteiger partial charge in [-0.2, -0.15) is 0 Å². The molecule has 2 fully saturated rings. The Kier molecular flexibility index (Phi) is 4.22. The van der Waals surface area contributed by atoms with Crippen LogP contribution < -0.4 is 0 Å². The molecular weight excluding hydrogens is 244 g/mol. The molecule has 19 heavy (non-hydrogen) atoms. The highest BCUT2D eigenvalue weighted by Gasteiger charge is 2.40. The van der Waals surface area contributed by atoms with Crippen molar-refractivity contribution in [3.8, 4) is 0 Å². The Bertz CT molecular complexity index is 394. The van der Waals surface area contributed by atoms with Crippen molar-refractivity contribution in [2.75, 3.05) is 19.6 Å². The highest BCUT2D eigenvalue weighted by atomic mass is 16.2. The van der Waals surface area contributed by atoms with Gasteiger partial charge in [0.05, 0.1) is 6.54 Å². The lowest BCUT2D eigenvalue weighted by Gasteiger charge is -2.42. The Balaban J connectivity index is 2.04. The zero-order chi connectivity index (χ0) is 14.0. The van der Waals surface area contributed by atoms with E-state index < -0.39 is 0 Å². The minimum Gasteiger partial charge on any atom is -0.329 e. The van der Waals surface area contributed by atoms with Gasteiger partial charge in [-0.05, 0) is 25.7 Å². The van der Waals surface area contributed by atoms with E-state index in [1.165, 1.54) is 4.90 Å². The smallest absolute Gasteiger partial charge is 0.246 e. The SMILES string of the molecule is CCC(C)C(=O)CN1CC(=O)N2CCCCC2C1=O. The van der Waals surface area contributed by atoms with E-state index in [0.717, 1.165) is 25.7 Å². The Morgan fingerprint density at radius 3 is 2.79 bits per heavy atom. The standard InChI is InChI=1S/C14H22N2O3/c1-3-10(2)12(17)8-15-9-13(18)16-7-5-4-6-11(16)14(15)19/h10-11H,3-9H2,1-2H3. The third kappa shape index (κ3) is 2.80. The number of carbonyl (C=O) groups excluding carboxylic acids is 3. The summed E-state index contributed by atoms with van der Waals surface area (Å²) >= 11 is 0. The van der Waals surface area contributed by atoms with Gasteiger partial charge >= 0.3 is 0 Å². The van der Waals surface area contributed by atoms with Crippen LogP contribution in [0.5, 0.6) is 0 Å². The maximum absolute atomic E-state index is 12.3. The van der Waals surface area contributed by atoms with E-state index in [1.807, 2.05) is 13.8 Å². The molecule has 106 valence electrons. The predicted molar refractivity (Wildman–Crippen MR) is 70.4 cm³/mol. The first-order chi connectivity index (χ1) is 9.04. The highest BCUT2D eigenvalue weighted by Crippen LogP contribution is 2.23. The van der Waals surface area contributed by atoms with Crippen LogP contribution in [0, 0.1) is 5.92 Å². The van der Waals surface area contributed by atoms with E-state index >= 15 is 0 Å². The molecule has 2 aliphatic rings. The van der Waals surface area contributed by atoms with Crippen LogP contribution >= 0.6 is 0 Å². The second-order valence-electron chi connectivity index (χ2n) is 5.57. The van der Waals surface area contributed by atoms with E-state index in [-0.39, 0.29) is 42.6 Å². The van der Waals surface area contributed by atoms with Crippen LogP contribution in [0.15, 0.2) is 0 Å². The van der Waals surface area contributed by atoms with Gasteiger partial charge in [-0.25, -0.2) is 0 Å². The third-order valence-electron chi connectivity index (χ3n) is 4.25. The number of Topliss-reactive ketones (excluding diaryl/α,β-unsaturated/α-hetero) is 1. The van der Waals surface area contributed by atoms with Crippen LogP contribution in [-0.2, 0) is 14.4 Å². The lowest BCUT2D eigenvalue weighted by molar-refractivity contribution is -0.158. The summed E-state index contributed by atoms with van der Waals surface area (Å²) < 4.78 is 0.